The molecule has 0 amide bonds. The van der Waals surface area contributed by atoms with Crippen LogP contribution in [0.5, 0.6) is 11.5 Å². The lowest BCUT2D eigenvalue weighted by Gasteiger charge is -2.12. The van der Waals surface area contributed by atoms with Crippen LogP contribution in [-0.4, -0.2) is 38.6 Å². The lowest BCUT2D eigenvalue weighted by atomic mass is 10.0. The largest absolute Gasteiger partial charge is 0.491 e. The molecule has 6 rings (SSSR count). The highest BCUT2D eigenvalue weighted by Gasteiger charge is 2.26. The van der Waals surface area contributed by atoms with Crippen molar-refractivity contribution in [3.8, 4) is 11.5 Å². The molecule has 4 aromatic rings. The lowest BCUT2D eigenvalue weighted by Crippen LogP contribution is -2.10. The normalized spacial score (nSPS) is 20.3. The molecular weight excluding hydrogens is 372 g/mol. The fourth-order valence-corrected chi connectivity index (χ4v) is 3.58. The molecule has 2 saturated heterocycles. The van der Waals surface area contributed by atoms with E-state index in [1.165, 1.54) is 0 Å². The SMILES string of the molecule is O=c1c2c(OCC3CO3)cc(OCC3CO3)cc2oc2ccc3ccccc3c12. The van der Waals surface area contributed by atoms with Gasteiger partial charge in [-0.05, 0) is 16.8 Å². The van der Waals surface area contributed by atoms with E-state index < -0.39 is 0 Å². The zero-order valence-corrected chi connectivity index (χ0v) is 15.6. The van der Waals surface area contributed by atoms with E-state index in [0.29, 0.717) is 59.9 Å². The molecule has 2 aliphatic rings. The molecule has 0 spiro atoms. The Kier molecular flexibility index (Phi) is 3.76. The Balaban J connectivity index is 1.57. The van der Waals surface area contributed by atoms with Crippen LogP contribution in [0.25, 0.3) is 32.7 Å². The average Bonchev–Trinajstić information content (AvgIpc) is 3.65. The number of fused-ring (bicyclic) bond motifs is 4. The number of hydrogen-bond donors (Lipinski definition) is 0. The topological polar surface area (TPSA) is 73.7 Å². The van der Waals surface area contributed by atoms with Crippen LogP contribution in [0.3, 0.4) is 0 Å². The summed E-state index contributed by atoms with van der Waals surface area (Å²) in [5.74, 6) is 1.04. The van der Waals surface area contributed by atoms with E-state index in [2.05, 4.69) is 0 Å². The molecule has 2 fully saturated rings. The number of epoxide rings is 2. The van der Waals surface area contributed by atoms with Gasteiger partial charge in [-0.25, -0.2) is 0 Å². The zero-order chi connectivity index (χ0) is 19.4. The number of hydrogen-bond acceptors (Lipinski definition) is 6. The highest BCUT2D eigenvalue weighted by atomic mass is 16.6. The molecule has 0 bridgehead atoms. The maximum absolute atomic E-state index is 13.5. The van der Waals surface area contributed by atoms with Crippen molar-refractivity contribution >= 4 is 32.7 Å². The third-order valence-corrected chi connectivity index (χ3v) is 5.27. The lowest BCUT2D eigenvalue weighted by molar-refractivity contribution is 0.254. The first-order valence-corrected chi connectivity index (χ1v) is 9.67. The Bertz CT molecular complexity index is 1300. The quantitative estimate of drug-likeness (QED) is 0.284. The van der Waals surface area contributed by atoms with Crippen molar-refractivity contribution in [1.82, 2.24) is 0 Å². The second-order valence-corrected chi connectivity index (χ2v) is 7.42. The highest BCUT2D eigenvalue weighted by molar-refractivity contribution is 6.08. The van der Waals surface area contributed by atoms with Crippen LogP contribution in [0.4, 0.5) is 0 Å². The van der Waals surface area contributed by atoms with Crippen LogP contribution in [0, 0.1) is 0 Å². The van der Waals surface area contributed by atoms with E-state index in [1.54, 1.807) is 12.1 Å². The summed E-state index contributed by atoms with van der Waals surface area (Å²) in [6, 6.07) is 15.1. The fraction of sp³-hybridized carbons (Fsp3) is 0.261. The molecular formula is C23H18O6. The third kappa shape index (κ3) is 3.10. The highest BCUT2D eigenvalue weighted by Crippen LogP contribution is 2.34. The minimum Gasteiger partial charge on any atom is -0.491 e. The van der Waals surface area contributed by atoms with Crippen LogP contribution in [0.2, 0.25) is 0 Å². The second-order valence-electron chi connectivity index (χ2n) is 7.42. The van der Waals surface area contributed by atoms with Crippen molar-refractivity contribution < 1.29 is 23.4 Å². The van der Waals surface area contributed by atoms with Gasteiger partial charge in [0, 0.05) is 12.1 Å². The van der Waals surface area contributed by atoms with E-state index in [1.807, 2.05) is 36.4 Å². The number of benzene rings is 3. The van der Waals surface area contributed by atoms with Gasteiger partial charge in [0.2, 0.25) is 5.43 Å². The first-order valence-electron chi connectivity index (χ1n) is 9.67. The van der Waals surface area contributed by atoms with Gasteiger partial charge in [-0.15, -0.1) is 0 Å². The zero-order valence-electron chi connectivity index (χ0n) is 15.6. The molecule has 0 aliphatic carbocycles. The van der Waals surface area contributed by atoms with Gasteiger partial charge in [-0.2, -0.15) is 0 Å². The van der Waals surface area contributed by atoms with Crippen molar-refractivity contribution in [2.24, 2.45) is 0 Å². The van der Waals surface area contributed by atoms with Gasteiger partial charge >= 0.3 is 0 Å². The average molecular weight is 390 g/mol. The van der Waals surface area contributed by atoms with Crippen molar-refractivity contribution in [3.63, 3.8) is 0 Å². The van der Waals surface area contributed by atoms with E-state index in [4.69, 9.17) is 23.4 Å². The summed E-state index contributed by atoms with van der Waals surface area (Å²) >= 11 is 0. The van der Waals surface area contributed by atoms with E-state index in [0.717, 1.165) is 10.8 Å². The van der Waals surface area contributed by atoms with Gasteiger partial charge in [-0.1, -0.05) is 30.3 Å². The molecule has 3 heterocycles. The molecule has 2 atom stereocenters. The van der Waals surface area contributed by atoms with E-state index in [-0.39, 0.29) is 17.6 Å². The molecule has 0 saturated carbocycles. The molecule has 0 radical (unpaired) electrons. The first kappa shape index (κ1) is 16.8. The summed E-state index contributed by atoms with van der Waals surface area (Å²) < 4.78 is 28.4. The van der Waals surface area contributed by atoms with Crippen LogP contribution in [-0.2, 0) is 9.47 Å². The van der Waals surface area contributed by atoms with Gasteiger partial charge in [0.15, 0.2) is 0 Å². The van der Waals surface area contributed by atoms with Crippen LogP contribution < -0.4 is 14.9 Å². The Morgan fingerprint density at radius 1 is 0.862 bits per heavy atom. The molecule has 1 aromatic heterocycles. The number of ether oxygens (including phenoxy) is 4. The molecule has 0 N–H and O–H groups in total. The van der Waals surface area contributed by atoms with Gasteiger partial charge in [-0.3, -0.25) is 4.79 Å². The molecule has 6 nitrogen and oxygen atoms in total. The summed E-state index contributed by atoms with van der Waals surface area (Å²) in [6.07, 6.45) is 0.202. The summed E-state index contributed by atoms with van der Waals surface area (Å²) in [5.41, 5.74) is 0.876. The molecule has 3 aromatic carbocycles. The van der Waals surface area contributed by atoms with Crippen molar-refractivity contribution in [2.75, 3.05) is 26.4 Å². The van der Waals surface area contributed by atoms with E-state index >= 15 is 0 Å². The Hall–Kier alpha value is -3.09. The van der Waals surface area contributed by atoms with Crippen LogP contribution >= 0.6 is 0 Å². The number of rotatable bonds is 6. The molecule has 29 heavy (non-hydrogen) atoms. The van der Waals surface area contributed by atoms with Gasteiger partial charge < -0.3 is 23.4 Å². The predicted octanol–water partition coefficient (Wildman–Crippen LogP) is 3.65. The van der Waals surface area contributed by atoms with Gasteiger partial charge in [0.05, 0.1) is 18.6 Å². The minimum atomic E-state index is -0.109. The Labute approximate surface area is 165 Å². The Morgan fingerprint density at radius 2 is 1.62 bits per heavy atom. The van der Waals surface area contributed by atoms with Crippen LogP contribution in [0.1, 0.15) is 0 Å². The fourth-order valence-electron chi connectivity index (χ4n) is 3.58. The smallest absolute Gasteiger partial charge is 0.204 e. The summed E-state index contributed by atoms with van der Waals surface area (Å²) in [4.78, 5) is 13.5. The first-order chi connectivity index (χ1) is 14.3. The summed E-state index contributed by atoms with van der Waals surface area (Å²) in [7, 11) is 0. The van der Waals surface area contributed by atoms with Crippen molar-refractivity contribution in [2.45, 2.75) is 12.2 Å². The van der Waals surface area contributed by atoms with E-state index in [9.17, 15) is 4.79 Å². The molecule has 2 unspecified atom stereocenters. The second kappa shape index (κ2) is 6.47. The Morgan fingerprint density at radius 3 is 2.41 bits per heavy atom. The van der Waals surface area contributed by atoms with Crippen LogP contribution in [0.15, 0.2) is 57.7 Å². The summed E-state index contributed by atoms with van der Waals surface area (Å²) in [6.45, 7) is 2.23. The van der Waals surface area contributed by atoms with Gasteiger partial charge in [0.25, 0.3) is 0 Å². The maximum Gasteiger partial charge on any atom is 0.204 e. The standard InChI is InChI=1S/C23H18O6/c24-23-21-17-4-2-1-3-13(17)5-6-18(21)29-20-8-14(25-9-15-10-26-15)7-19(22(20)23)28-12-16-11-27-16/h1-8,15-16H,9-12H2. The van der Waals surface area contributed by atoms with Crippen molar-refractivity contribution in [1.29, 1.82) is 0 Å². The van der Waals surface area contributed by atoms with Gasteiger partial charge in [0.1, 0.15) is 53.5 Å². The predicted molar refractivity (Wildman–Crippen MR) is 108 cm³/mol. The summed E-state index contributed by atoms with van der Waals surface area (Å²) in [5, 5.41) is 2.83. The third-order valence-electron chi connectivity index (χ3n) is 5.27. The monoisotopic (exact) mass is 390 g/mol. The minimum absolute atomic E-state index is 0.0721. The molecule has 2 aliphatic heterocycles. The maximum atomic E-state index is 13.5. The van der Waals surface area contributed by atoms with Crippen molar-refractivity contribution in [3.05, 3.63) is 58.8 Å². The molecule has 6 heteroatoms. The molecule has 146 valence electrons.